The molecule has 0 amide bonds. The summed E-state index contributed by atoms with van der Waals surface area (Å²) in [6, 6.07) is 8.48. The minimum atomic E-state index is -4.55. The maximum Gasteiger partial charge on any atom is 0.294 e. The van der Waals surface area contributed by atoms with E-state index >= 15 is 0 Å². The van der Waals surface area contributed by atoms with Gasteiger partial charge in [-0.25, -0.2) is 0 Å². The Kier molecular flexibility index (Phi) is 13.9. The van der Waals surface area contributed by atoms with Crippen LogP contribution in [0.4, 0.5) is 5.69 Å². The predicted molar refractivity (Wildman–Crippen MR) is 210 cm³/mol. The van der Waals surface area contributed by atoms with E-state index in [-0.39, 0.29) is 42.2 Å². The van der Waals surface area contributed by atoms with Crippen molar-refractivity contribution in [2.24, 2.45) is 0 Å². The van der Waals surface area contributed by atoms with Crippen LogP contribution in [-0.4, -0.2) is 81.6 Å². The lowest BCUT2D eigenvalue weighted by atomic mass is 9.74. The van der Waals surface area contributed by atoms with Crippen molar-refractivity contribution in [1.82, 2.24) is 0 Å². The van der Waals surface area contributed by atoms with E-state index in [2.05, 4.69) is 0 Å². The lowest BCUT2D eigenvalue weighted by Crippen LogP contribution is -2.28. The van der Waals surface area contributed by atoms with E-state index < -0.39 is 62.8 Å². The standard InChI is InChI=1S/C37H49NO13S4/c1-36(2)33-26-28(55(49,50)51)17-19-34(33)38(21-12-24-53(43,44)45)35(36)15-8-6-7-14-31-29(13-11-23-52(40,41)42)30-18-16-27(54(46,47)48)25-32(30)37(31,3)20-9-4-5-10-22-39/h6-8,14-19,25-26,39H,4-5,9-13,20-24H2,1-3H3,(H,40,41,42)(H,43,44,45)(H,46,47,48)(H,49,50,51)/b8-6+,14-7+,35-15-. The number of nitrogens with zero attached hydrogens (tertiary/aromatic N) is 1. The number of fused-ring (bicyclic) bond motifs is 2. The third-order valence-electron chi connectivity index (χ3n) is 10.2. The number of rotatable bonds is 19. The van der Waals surface area contributed by atoms with Gasteiger partial charge >= 0.3 is 0 Å². The molecule has 0 saturated carbocycles. The van der Waals surface area contributed by atoms with Crippen LogP contribution in [0.1, 0.15) is 88.8 Å². The lowest BCUT2D eigenvalue weighted by Gasteiger charge is -2.29. The SMILES string of the molecule is CC1(CCCCCCO)C(/C=C/C=C/C=C2\N(CCCS(=O)(=O)O)c3ccc(S(=O)(=O)O)cc3C2(C)C)=C(CCCS(=O)(=O)O)c2ccc(S(=O)(=O)O)cc21. The Hall–Kier alpha value is -3.20. The first-order valence-electron chi connectivity index (χ1n) is 17.7. The van der Waals surface area contributed by atoms with E-state index in [1.807, 2.05) is 31.7 Å². The zero-order chi connectivity index (χ0) is 41.0. The zero-order valence-electron chi connectivity index (χ0n) is 30.9. The second-order valence-corrected chi connectivity index (χ2v) is 20.5. The molecule has 0 fully saturated rings. The van der Waals surface area contributed by atoms with Crippen molar-refractivity contribution >= 4 is 51.7 Å². The fraction of sp³-hybridized carbons (Fsp3) is 0.459. The average molecular weight is 844 g/mol. The molecule has 2 aromatic carbocycles. The number of aliphatic hydroxyl groups is 1. The molecular formula is C37H49NO13S4. The summed E-state index contributed by atoms with van der Waals surface area (Å²) < 4.78 is 133. The molecule has 0 spiro atoms. The number of benzene rings is 2. The molecule has 4 rings (SSSR count). The Morgan fingerprint density at radius 3 is 1.85 bits per heavy atom. The van der Waals surface area contributed by atoms with Gasteiger partial charge in [-0.1, -0.05) is 70.4 Å². The van der Waals surface area contributed by atoms with Crippen molar-refractivity contribution in [1.29, 1.82) is 0 Å². The fourth-order valence-corrected chi connectivity index (χ4v) is 9.57. The van der Waals surface area contributed by atoms with Crippen LogP contribution < -0.4 is 4.90 Å². The molecule has 0 saturated heterocycles. The molecule has 1 atom stereocenters. The smallest absolute Gasteiger partial charge is 0.294 e. The first kappa shape index (κ1) is 44.5. The van der Waals surface area contributed by atoms with Crippen molar-refractivity contribution in [3.63, 3.8) is 0 Å². The summed E-state index contributed by atoms with van der Waals surface area (Å²) >= 11 is 0. The number of allylic oxidation sites excluding steroid dienone is 8. The zero-order valence-corrected chi connectivity index (χ0v) is 34.2. The van der Waals surface area contributed by atoms with E-state index in [0.717, 1.165) is 24.0 Å². The van der Waals surface area contributed by atoms with Gasteiger partial charge in [0, 0.05) is 35.4 Å². The molecule has 55 heavy (non-hydrogen) atoms. The number of hydrogen-bond donors (Lipinski definition) is 5. The lowest BCUT2D eigenvalue weighted by molar-refractivity contribution is 0.281. The number of unbranched alkanes of at least 4 members (excludes halogenated alkanes) is 3. The van der Waals surface area contributed by atoms with Gasteiger partial charge in [-0.2, -0.15) is 33.7 Å². The van der Waals surface area contributed by atoms with Crippen LogP contribution in [0, 0.1) is 0 Å². The Labute approximate surface area is 324 Å². The van der Waals surface area contributed by atoms with Crippen molar-refractivity contribution in [2.45, 2.75) is 92.8 Å². The van der Waals surface area contributed by atoms with Gasteiger partial charge < -0.3 is 10.0 Å². The second kappa shape index (κ2) is 17.1. The van der Waals surface area contributed by atoms with Gasteiger partial charge in [0.1, 0.15) is 0 Å². The molecule has 5 N–H and O–H groups in total. The highest BCUT2D eigenvalue weighted by Gasteiger charge is 2.42. The van der Waals surface area contributed by atoms with E-state index in [0.29, 0.717) is 47.3 Å². The van der Waals surface area contributed by atoms with Crippen LogP contribution in [-0.2, 0) is 51.3 Å². The maximum atomic E-state index is 12.2. The Morgan fingerprint density at radius 1 is 0.673 bits per heavy atom. The van der Waals surface area contributed by atoms with E-state index in [4.69, 9.17) is 0 Å². The summed E-state index contributed by atoms with van der Waals surface area (Å²) in [5.41, 5.74) is 3.17. The van der Waals surface area contributed by atoms with Crippen LogP contribution in [0.15, 0.2) is 87.8 Å². The molecule has 1 heterocycles. The van der Waals surface area contributed by atoms with Gasteiger partial charge in [-0.15, -0.1) is 0 Å². The quantitative estimate of drug-likeness (QED) is 0.0630. The third kappa shape index (κ3) is 11.0. The molecule has 2 aliphatic rings. The summed E-state index contributed by atoms with van der Waals surface area (Å²) in [6.45, 7) is 5.88. The van der Waals surface area contributed by atoms with Crippen molar-refractivity contribution in [3.05, 3.63) is 94.7 Å². The first-order chi connectivity index (χ1) is 25.4. The number of aliphatic hydroxyl groups excluding tert-OH is 1. The minimum absolute atomic E-state index is 0.0578. The molecule has 0 radical (unpaired) electrons. The predicted octanol–water partition coefficient (Wildman–Crippen LogP) is 5.89. The van der Waals surface area contributed by atoms with Crippen LogP contribution >= 0.6 is 0 Å². The fourth-order valence-electron chi connectivity index (χ4n) is 7.55. The number of anilines is 1. The minimum Gasteiger partial charge on any atom is -0.396 e. The molecule has 1 aliphatic heterocycles. The molecule has 14 nitrogen and oxygen atoms in total. The summed E-state index contributed by atoms with van der Waals surface area (Å²) in [6.07, 6.45) is 12.7. The highest BCUT2D eigenvalue weighted by atomic mass is 32.2. The summed E-state index contributed by atoms with van der Waals surface area (Å²) in [7, 11) is -17.6. The summed E-state index contributed by atoms with van der Waals surface area (Å²) in [4.78, 5) is 1.25. The second-order valence-electron chi connectivity index (χ2n) is 14.6. The molecule has 304 valence electrons. The molecular weight excluding hydrogens is 795 g/mol. The van der Waals surface area contributed by atoms with Gasteiger partial charge in [-0.05, 0) is 96.3 Å². The Morgan fingerprint density at radius 2 is 1.25 bits per heavy atom. The highest BCUT2D eigenvalue weighted by molar-refractivity contribution is 7.86. The van der Waals surface area contributed by atoms with Crippen molar-refractivity contribution in [3.8, 4) is 0 Å². The monoisotopic (exact) mass is 843 g/mol. The van der Waals surface area contributed by atoms with Crippen LogP contribution in [0.5, 0.6) is 0 Å². The highest BCUT2D eigenvalue weighted by Crippen LogP contribution is 2.52. The van der Waals surface area contributed by atoms with E-state index in [1.165, 1.54) is 30.3 Å². The van der Waals surface area contributed by atoms with Gasteiger partial charge in [0.25, 0.3) is 40.5 Å². The Balaban J connectivity index is 1.77. The normalized spacial score (nSPS) is 19.6. The summed E-state index contributed by atoms with van der Waals surface area (Å²) in [5.74, 6) is -0.980. The largest absolute Gasteiger partial charge is 0.396 e. The third-order valence-corrected chi connectivity index (χ3v) is 13.5. The van der Waals surface area contributed by atoms with Gasteiger partial charge in [0.2, 0.25) is 0 Å². The molecule has 18 heteroatoms. The van der Waals surface area contributed by atoms with Crippen LogP contribution in [0.2, 0.25) is 0 Å². The number of hydrogen-bond acceptors (Lipinski definition) is 10. The van der Waals surface area contributed by atoms with Crippen molar-refractivity contribution < 1.29 is 57.0 Å². The molecule has 1 unspecified atom stereocenters. The van der Waals surface area contributed by atoms with E-state index in [9.17, 15) is 57.0 Å². The van der Waals surface area contributed by atoms with Crippen molar-refractivity contribution in [2.75, 3.05) is 29.6 Å². The first-order valence-corrected chi connectivity index (χ1v) is 23.8. The molecule has 2 aromatic rings. The molecule has 1 aliphatic carbocycles. The van der Waals surface area contributed by atoms with E-state index in [1.54, 1.807) is 30.4 Å². The molecule has 0 bridgehead atoms. The topological polar surface area (TPSA) is 241 Å². The molecule has 0 aromatic heterocycles. The summed E-state index contributed by atoms with van der Waals surface area (Å²) in [5, 5.41) is 9.25. The average Bonchev–Trinajstić information content (AvgIpc) is 3.41. The van der Waals surface area contributed by atoms with Gasteiger partial charge in [0.15, 0.2) is 0 Å². The maximum absolute atomic E-state index is 12.2. The van der Waals surface area contributed by atoms with Gasteiger partial charge in [0.05, 0.1) is 21.3 Å². The van der Waals surface area contributed by atoms with Crippen LogP contribution in [0.25, 0.3) is 5.57 Å². The Bertz CT molecular complexity index is 2340. The van der Waals surface area contributed by atoms with Gasteiger partial charge in [-0.3, -0.25) is 18.2 Å². The van der Waals surface area contributed by atoms with Crippen LogP contribution in [0.3, 0.4) is 0 Å².